The van der Waals surface area contributed by atoms with Gasteiger partial charge in [-0.3, -0.25) is 14.4 Å². The molecule has 1 N–H and O–H groups in total. The van der Waals surface area contributed by atoms with Crippen molar-refractivity contribution in [2.24, 2.45) is 0 Å². The largest absolute Gasteiger partial charge is 0.452 e. The van der Waals surface area contributed by atoms with Gasteiger partial charge in [0.25, 0.3) is 17.7 Å². The van der Waals surface area contributed by atoms with E-state index in [-0.39, 0.29) is 32.4 Å². The Morgan fingerprint density at radius 1 is 0.818 bits per heavy atom. The Morgan fingerprint density at radius 3 is 2.21 bits per heavy atom. The maximum absolute atomic E-state index is 12.9. The van der Waals surface area contributed by atoms with Crippen LogP contribution in [0.15, 0.2) is 60.7 Å². The molecule has 10 heteroatoms. The Labute approximate surface area is 202 Å². The zero-order valence-corrected chi connectivity index (χ0v) is 18.9. The average molecular weight is 504 g/mol. The summed E-state index contributed by atoms with van der Waals surface area (Å²) in [4.78, 5) is 51.0. The summed E-state index contributed by atoms with van der Waals surface area (Å²) in [7, 11) is 0. The summed E-state index contributed by atoms with van der Waals surface area (Å²) in [5.74, 6) is -2.56. The second-order valence-electron chi connectivity index (χ2n) is 6.94. The maximum atomic E-state index is 12.9. The van der Waals surface area contributed by atoms with Gasteiger partial charge in [-0.05, 0) is 60.7 Å². The standard InChI is InChI=1S/C23H13Cl3N2O5/c24-13-2-4-14(5-3-13)27-20(29)11-33-23(32)12-1-7-16-17(9-12)22(31)28(21(16)30)15-6-8-18(25)19(26)10-15/h1-10H,11H2,(H,27,29). The van der Waals surface area contributed by atoms with E-state index in [2.05, 4.69) is 5.32 Å². The summed E-state index contributed by atoms with van der Waals surface area (Å²) < 4.78 is 5.03. The first kappa shape index (κ1) is 22.8. The van der Waals surface area contributed by atoms with Crippen LogP contribution in [0.1, 0.15) is 31.1 Å². The number of imide groups is 1. The summed E-state index contributed by atoms with van der Waals surface area (Å²) in [6.45, 7) is -0.541. The van der Waals surface area contributed by atoms with Gasteiger partial charge in [0, 0.05) is 10.7 Å². The first-order chi connectivity index (χ1) is 15.7. The molecular formula is C23H13Cl3N2O5. The Hall–Kier alpha value is -3.39. The summed E-state index contributed by atoms with van der Waals surface area (Å²) in [5.41, 5.74) is 0.919. The lowest BCUT2D eigenvalue weighted by molar-refractivity contribution is -0.119. The Bertz CT molecular complexity index is 1310. The monoisotopic (exact) mass is 502 g/mol. The third-order valence-corrected chi connectivity index (χ3v) is 5.74. The van der Waals surface area contributed by atoms with Gasteiger partial charge >= 0.3 is 5.97 Å². The highest BCUT2D eigenvalue weighted by Gasteiger charge is 2.37. The SMILES string of the molecule is O=C(COC(=O)c1ccc2c(c1)C(=O)N(c1ccc(Cl)c(Cl)c1)C2=O)Nc1ccc(Cl)cc1. The molecule has 0 aliphatic carbocycles. The summed E-state index contributed by atoms with van der Waals surface area (Å²) in [6.07, 6.45) is 0. The molecule has 166 valence electrons. The van der Waals surface area contributed by atoms with Crippen LogP contribution in [0.25, 0.3) is 0 Å². The van der Waals surface area contributed by atoms with E-state index < -0.39 is 30.3 Å². The summed E-state index contributed by atoms with van der Waals surface area (Å²) >= 11 is 17.7. The number of carbonyl (C=O) groups is 4. The van der Waals surface area contributed by atoms with Gasteiger partial charge in [-0.2, -0.15) is 0 Å². The molecule has 1 aliphatic heterocycles. The molecule has 0 saturated heterocycles. The molecule has 0 fully saturated rings. The van der Waals surface area contributed by atoms with E-state index in [0.29, 0.717) is 10.7 Å². The molecule has 7 nitrogen and oxygen atoms in total. The van der Waals surface area contributed by atoms with Crippen LogP contribution in [0.5, 0.6) is 0 Å². The lowest BCUT2D eigenvalue weighted by Crippen LogP contribution is -2.29. The van der Waals surface area contributed by atoms with E-state index in [0.717, 1.165) is 4.90 Å². The molecule has 0 unspecified atom stereocenters. The van der Waals surface area contributed by atoms with Crippen molar-refractivity contribution >= 4 is 69.9 Å². The number of fused-ring (bicyclic) bond motifs is 1. The fraction of sp³-hybridized carbons (Fsp3) is 0.0435. The zero-order valence-electron chi connectivity index (χ0n) is 16.6. The minimum absolute atomic E-state index is 0.0187. The van der Waals surface area contributed by atoms with E-state index in [4.69, 9.17) is 39.5 Å². The molecule has 0 atom stereocenters. The molecule has 0 spiro atoms. The highest BCUT2D eigenvalue weighted by Crippen LogP contribution is 2.33. The number of esters is 1. The van der Waals surface area contributed by atoms with Crippen LogP contribution in [0.2, 0.25) is 15.1 Å². The van der Waals surface area contributed by atoms with Gasteiger partial charge in [-0.25, -0.2) is 9.69 Å². The van der Waals surface area contributed by atoms with Crippen molar-refractivity contribution in [3.63, 3.8) is 0 Å². The number of hydrogen-bond acceptors (Lipinski definition) is 5. The second kappa shape index (κ2) is 9.23. The lowest BCUT2D eigenvalue weighted by Gasteiger charge is -2.14. The molecule has 0 bridgehead atoms. The number of anilines is 2. The molecule has 0 radical (unpaired) electrons. The number of nitrogens with one attached hydrogen (secondary N) is 1. The average Bonchev–Trinajstić information content (AvgIpc) is 3.05. The van der Waals surface area contributed by atoms with Crippen molar-refractivity contribution in [1.29, 1.82) is 0 Å². The number of rotatable bonds is 5. The topological polar surface area (TPSA) is 92.8 Å². The van der Waals surface area contributed by atoms with E-state index in [1.807, 2.05) is 0 Å². The van der Waals surface area contributed by atoms with Crippen molar-refractivity contribution in [3.8, 4) is 0 Å². The third-order valence-electron chi connectivity index (χ3n) is 4.75. The number of benzene rings is 3. The molecule has 0 saturated carbocycles. The highest BCUT2D eigenvalue weighted by molar-refractivity contribution is 6.42. The Balaban J connectivity index is 1.46. The first-order valence-corrected chi connectivity index (χ1v) is 10.6. The number of nitrogens with zero attached hydrogens (tertiary/aromatic N) is 1. The fourth-order valence-electron chi connectivity index (χ4n) is 3.17. The molecule has 3 aromatic carbocycles. The number of amides is 3. The van der Waals surface area contributed by atoms with E-state index in [1.54, 1.807) is 24.3 Å². The molecule has 1 heterocycles. The predicted molar refractivity (Wildman–Crippen MR) is 124 cm³/mol. The predicted octanol–water partition coefficient (Wildman–Crippen LogP) is 5.24. The number of carbonyl (C=O) groups excluding carboxylic acids is 4. The van der Waals surface area contributed by atoms with Gasteiger partial charge in [0.2, 0.25) is 0 Å². The molecule has 4 rings (SSSR count). The van der Waals surface area contributed by atoms with Crippen LogP contribution in [-0.2, 0) is 9.53 Å². The molecule has 3 amide bonds. The number of ether oxygens (including phenoxy) is 1. The number of halogens is 3. The molecule has 0 aromatic heterocycles. The van der Waals surface area contributed by atoms with Crippen molar-refractivity contribution < 1.29 is 23.9 Å². The van der Waals surface area contributed by atoms with Crippen LogP contribution in [0.4, 0.5) is 11.4 Å². The van der Waals surface area contributed by atoms with Gasteiger partial charge in [0.1, 0.15) is 0 Å². The number of hydrogen-bond donors (Lipinski definition) is 1. The van der Waals surface area contributed by atoms with Crippen molar-refractivity contribution in [1.82, 2.24) is 0 Å². The van der Waals surface area contributed by atoms with Crippen LogP contribution >= 0.6 is 34.8 Å². The summed E-state index contributed by atoms with van der Waals surface area (Å²) in [5, 5.41) is 3.54. The minimum Gasteiger partial charge on any atom is -0.452 e. The zero-order chi connectivity index (χ0) is 23.7. The first-order valence-electron chi connectivity index (χ1n) is 9.45. The molecule has 3 aromatic rings. The fourth-order valence-corrected chi connectivity index (χ4v) is 3.59. The van der Waals surface area contributed by atoms with Gasteiger partial charge in [0.15, 0.2) is 6.61 Å². The lowest BCUT2D eigenvalue weighted by atomic mass is 10.1. The quantitative estimate of drug-likeness (QED) is 0.379. The van der Waals surface area contributed by atoms with Crippen molar-refractivity contribution in [2.75, 3.05) is 16.8 Å². The van der Waals surface area contributed by atoms with Crippen LogP contribution < -0.4 is 10.2 Å². The molecule has 1 aliphatic rings. The van der Waals surface area contributed by atoms with Crippen LogP contribution in [-0.4, -0.2) is 30.3 Å². The van der Waals surface area contributed by atoms with E-state index in [9.17, 15) is 19.2 Å². The highest BCUT2D eigenvalue weighted by atomic mass is 35.5. The van der Waals surface area contributed by atoms with Crippen molar-refractivity contribution in [3.05, 3.63) is 92.4 Å². The third kappa shape index (κ3) is 4.71. The van der Waals surface area contributed by atoms with Gasteiger partial charge in [0.05, 0.1) is 32.4 Å². The molecule has 33 heavy (non-hydrogen) atoms. The Morgan fingerprint density at radius 2 is 1.52 bits per heavy atom. The Kier molecular flexibility index (Phi) is 6.37. The maximum Gasteiger partial charge on any atom is 0.338 e. The normalized spacial score (nSPS) is 12.5. The minimum atomic E-state index is -0.822. The molecular weight excluding hydrogens is 491 g/mol. The van der Waals surface area contributed by atoms with E-state index in [1.165, 1.54) is 36.4 Å². The van der Waals surface area contributed by atoms with Gasteiger partial charge in [-0.15, -0.1) is 0 Å². The van der Waals surface area contributed by atoms with E-state index >= 15 is 0 Å². The van der Waals surface area contributed by atoms with Gasteiger partial charge < -0.3 is 10.1 Å². The van der Waals surface area contributed by atoms with Gasteiger partial charge in [-0.1, -0.05) is 34.8 Å². The second-order valence-corrected chi connectivity index (χ2v) is 8.19. The summed E-state index contributed by atoms with van der Waals surface area (Å²) in [6, 6.07) is 14.7. The van der Waals surface area contributed by atoms with Crippen LogP contribution in [0.3, 0.4) is 0 Å². The van der Waals surface area contributed by atoms with Crippen LogP contribution in [0, 0.1) is 0 Å². The smallest absolute Gasteiger partial charge is 0.338 e. The van der Waals surface area contributed by atoms with Crippen molar-refractivity contribution in [2.45, 2.75) is 0 Å².